The normalized spacial score (nSPS) is 24.2. The summed E-state index contributed by atoms with van der Waals surface area (Å²) >= 11 is 0. The molecule has 0 bridgehead atoms. The van der Waals surface area contributed by atoms with Gasteiger partial charge in [-0.05, 0) is 50.5 Å². The third-order valence-corrected chi connectivity index (χ3v) is 4.79. The van der Waals surface area contributed by atoms with Gasteiger partial charge < -0.3 is 20.5 Å². The molecule has 1 aromatic rings. The number of primary amides is 1. The van der Waals surface area contributed by atoms with E-state index in [0.29, 0.717) is 31.5 Å². The van der Waals surface area contributed by atoms with E-state index in [1.807, 2.05) is 0 Å². The SMILES string of the molecule is CC(OCC1(C)CCC(OC(N)=O)CN1)c1cc(C(F)(F)F)cc(C(F)(F)F)c1. The van der Waals surface area contributed by atoms with Gasteiger partial charge in [-0.1, -0.05) is 0 Å². The van der Waals surface area contributed by atoms with Crippen molar-refractivity contribution in [2.75, 3.05) is 13.2 Å². The molecule has 1 fully saturated rings. The lowest BCUT2D eigenvalue weighted by Gasteiger charge is -2.38. The summed E-state index contributed by atoms with van der Waals surface area (Å²) in [5, 5.41) is 3.11. The van der Waals surface area contributed by atoms with E-state index >= 15 is 0 Å². The molecule has 1 aliphatic rings. The lowest BCUT2D eigenvalue weighted by atomic mass is 9.90. The molecule has 0 radical (unpaired) electrons. The van der Waals surface area contributed by atoms with E-state index in [9.17, 15) is 31.1 Å². The molecule has 3 N–H and O–H groups in total. The third-order valence-electron chi connectivity index (χ3n) is 4.79. The molecule has 11 heteroatoms. The van der Waals surface area contributed by atoms with E-state index in [1.165, 1.54) is 6.92 Å². The predicted molar refractivity (Wildman–Crippen MR) is 90.9 cm³/mol. The molecule has 0 aromatic heterocycles. The average Bonchev–Trinajstić information content (AvgIpc) is 2.60. The number of piperidine rings is 1. The fourth-order valence-electron chi connectivity index (χ4n) is 3.04. The Labute approximate surface area is 163 Å². The Morgan fingerprint density at radius 1 is 1.21 bits per heavy atom. The first-order valence-electron chi connectivity index (χ1n) is 8.82. The Bertz CT molecular complexity index is 695. The summed E-state index contributed by atoms with van der Waals surface area (Å²) in [7, 11) is 0. The lowest BCUT2D eigenvalue weighted by molar-refractivity contribution is -0.143. The van der Waals surface area contributed by atoms with Crippen molar-refractivity contribution in [3.63, 3.8) is 0 Å². The largest absolute Gasteiger partial charge is 0.445 e. The van der Waals surface area contributed by atoms with Crippen LogP contribution in [-0.2, 0) is 21.8 Å². The van der Waals surface area contributed by atoms with Crippen molar-refractivity contribution in [1.29, 1.82) is 0 Å². The highest BCUT2D eigenvalue weighted by Gasteiger charge is 2.38. The van der Waals surface area contributed by atoms with Crippen molar-refractivity contribution in [2.45, 2.75) is 56.8 Å². The summed E-state index contributed by atoms with van der Waals surface area (Å²) in [6.07, 6.45) is -11.1. The van der Waals surface area contributed by atoms with Crippen LogP contribution < -0.4 is 11.1 Å². The van der Waals surface area contributed by atoms with E-state index in [2.05, 4.69) is 5.32 Å². The number of halogens is 6. The Morgan fingerprint density at radius 2 is 1.76 bits per heavy atom. The lowest BCUT2D eigenvalue weighted by Crippen LogP contribution is -2.54. The number of rotatable bonds is 5. The first-order valence-corrected chi connectivity index (χ1v) is 8.82. The highest BCUT2D eigenvalue weighted by atomic mass is 19.4. The molecule has 0 spiro atoms. The van der Waals surface area contributed by atoms with Gasteiger partial charge >= 0.3 is 18.4 Å². The maximum Gasteiger partial charge on any atom is 0.416 e. The number of nitrogens with two attached hydrogens (primary N) is 1. The summed E-state index contributed by atoms with van der Waals surface area (Å²) < 4.78 is 88.5. The van der Waals surface area contributed by atoms with Crippen molar-refractivity contribution in [2.24, 2.45) is 5.73 Å². The summed E-state index contributed by atoms with van der Waals surface area (Å²) in [5.41, 5.74) is 1.40. The predicted octanol–water partition coefficient (Wildman–Crippen LogP) is 4.41. The topological polar surface area (TPSA) is 73.6 Å². The molecule has 3 unspecified atom stereocenters. The Morgan fingerprint density at radius 3 is 2.17 bits per heavy atom. The molecule has 1 aliphatic heterocycles. The number of amides is 1. The van der Waals surface area contributed by atoms with Crippen LogP contribution >= 0.6 is 0 Å². The summed E-state index contributed by atoms with van der Waals surface area (Å²) in [6.45, 7) is 3.53. The van der Waals surface area contributed by atoms with Gasteiger partial charge in [-0.3, -0.25) is 0 Å². The second-order valence-corrected chi connectivity index (χ2v) is 7.33. The zero-order chi connectivity index (χ0) is 22.0. The van der Waals surface area contributed by atoms with Gasteiger partial charge in [0.1, 0.15) is 6.10 Å². The second-order valence-electron chi connectivity index (χ2n) is 7.33. The quantitative estimate of drug-likeness (QED) is 0.682. The van der Waals surface area contributed by atoms with Crippen LogP contribution in [0.25, 0.3) is 0 Å². The van der Waals surface area contributed by atoms with Gasteiger partial charge in [-0.2, -0.15) is 26.3 Å². The number of carbonyl (C=O) groups excluding carboxylic acids is 1. The molecular weight excluding hydrogens is 406 g/mol. The molecule has 1 heterocycles. The molecule has 0 aliphatic carbocycles. The number of nitrogens with one attached hydrogen (secondary N) is 1. The third kappa shape index (κ3) is 6.49. The van der Waals surface area contributed by atoms with Gasteiger partial charge in [0, 0.05) is 12.1 Å². The number of alkyl halides is 6. The van der Waals surface area contributed by atoms with Crippen LogP contribution in [0, 0.1) is 0 Å². The van der Waals surface area contributed by atoms with Crippen LogP contribution in [0.3, 0.4) is 0 Å². The van der Waals surface area contributed by atoms with Gasteiger partial charge in [0.15, 0.2) is 0 Å². The van der Waals surface area contributed by atoms with E-state index in [1.54, 1.807) is 6.92 Å². The van der Waals surface area contributed by atoms with Crippen LogP contribution in [0.2, 0.25) is 0 Å². The molecule has 164 valence electrons. The standard InChI is InChI=1S/C18H22F6N2O3/c1-10(28-9-16(2)4-3-14(8-26-16)29-15(25)27)11-5-12(17(19,20)21)7-13(6-11)18(22,23)24/h5-7,10,14,26H,3-4,8-9H2,1-2H3,(H2,25,27). The van der Waals surface area contributed by atoms with Crippen molar-refractivity contribution in [1.82, 2.24) is 5.32 Å². The highest BCUT2D eigenvalue weighted by molar-refractivity contribution is 5.64. The summed E-state index contributed by atoms with van der Waals surface area (Å²) in [4.78, 5) is 10.8. The first kappa shape index (κ1) is 23.3. The van der Waals surface area contributed by atoms with Crippen LogP contribution in [0.15, 0.2) is 18.2 Å². The fourth-order valence-corrected chi connectivity index (χ4v) is 3.04. The van der Waals surface area contributed by atoms with E-state index < -0.39 is 47.3 Å². The minimum absolute atomic E-state index is 0.0368. The van der Waals surface area contributed by atoms with Crippen LogP contribution in [0.1, 0.15) is 49.5 Å². The molecule has 0 saturated carbocycles. The van der Waals surface area contributed by atoms with Crippen molar-refractivity contribution < 1.29 is 40.6 Å². The number of hydrogen-bond acceptors (Lipinski definition) is 4. The monoisotopic (exact) mass is 428 g/mol. The smallest absolute Gasteiger partial charge is 0.416 e. The van der Waals surface area contributed by atoms with Crippen LogP contribution in [-0.4, -0.2) is 30.9 Å². The maximum absolute atomic E-state index is 13.0. The Balaban J connectivity index is 2.09. The van der Waals surface area contributed by atoms with Crippen LogP contribution in [0.5, 0.6) is 0 Å². The molecule has 1 aromatic carbocycles. The molecule has 5 nitrogen and oxygen atoms in total. The minimum Gasteiger partial charge on any atom is -0.445 e. The van der Waals surface area contributed by atoms with Crippen molar-refractivity contribution in [3.05, 3.63) is 34.9 Å². The summed E-state index contributed by atoms with van der Waals surface area (Å²) in [5.74, 6) is 0. The fraction of sp³-hybridized carbons (Fsp3) is 0.611. The van der Waals surface area contributed by atoms with Gasteiger partial charge in [0.25, 0.3) is 0 Å². The first-order chi connectivity index (χ1) is 13.2. The molecule has 2 rings (SSSR count). The van der Waals surface area contributed by atoms with Gasteiger partial charge in [-0.25, -0.2) is 4.79 Å². The van der Waals surface area contributed by atoms with Crippen molar-refractivity contribution in [3.8, 4) is 0 Å². The van der Waals surface area contributed by atoms with Gasteiger partial charge in [0.05, 0.1) is 23.8 Å². The zero-order valence-corrected chi connectivity index (χ0v) is 15.8. The average molecular weight is 428 g/mol. The van der Waals surface area contributed by atoms with Crippen LogP contribution in [0.4, 0.5) is 31.1 Å². The molecule has 1 saturated heterocycles. The zero-order valence-electron chi connectivity index (χ0n) is 15.8. The molecule has 29 heavy (non-hydrogen) atoms. The van der Waals surface area contributed by atoms with E-state index in [-0.39, 0.29) is 18.2 Å². The molecule has 3 atom stereocenters. The second kappa shape index (κ2) is 8.39. The van der Waals surface area contributed by atoms with E-state index in [4.69, 9.17) is 15.2 Å². The number of benzene rings is 1. The number of ether oxygens (including phenoxy) is 2. The summed E-state index contributed by atoms with van der Waals surface area (Å²) in [6, 6.07) is 1.40. The van der Waals surface area contributed by atoms with Gasteiger partial charge in [0.2, 0.25) is 0 Å². The number of carbonyl (C=O) groups is 1. The Hall–Kier alpha value is -2.01. The molecule has 1 amide bonds. The minimum atomic E-state index is -4.91. The highest BCUT2D eigenvalue weighted by Crippen LogP contribution is 2.38. The van der Waals surface area contributed by atoms with Gasteiger partial charge in [-0.15, -0.1) is 0 Å². The number of hydrogen-bond donors (Lipinski definition) is 2. The van der Waals surface area contributed by atoms with Crippen molar-refractivity contribution >= 4 is 6.09 Å². The van der Waals surface area contributed by atoms with E-state index in [0.717, 1.165) is 0 Å². The molecular formula is C18H22F6N2O3. The Kier molecular flexibility index (Phi) is 6.73. The maximum atomic E-state index is 13.0.